The van der Waals surface area contributed by atoms with E-state index in [4.69, 9.17) is 13.9 Å². The predicted octanol–water partition coefficient (Wildman–Crippen LogP) is 1.73. The molecule has 0 N–H and O–H groups in total. The summed E-state index contributed by atoms with van der Waals surface area (Å²) < 4.78 is 16.6. The van der Waals surface area contributed by atoms with Crippen molar-refractivity contribution in [1.82, 2.24) is 0 Å². The van der Waals surface area contributed by atoms with Crippen LogP contribution in [0.2, 0.25) is 0 Å². The first kappa shape index (κ1) is 14.3. The van der Waals surface area contributed by atoms with E-state index in [-0.39, 0.29) is 0 Å². The van der Waals surface area contributed by atoms with Crippen molar-refractivity contribution >= 4 is 14.9 Å². The summed E-state index contributed by atoms with van der Waals surface area (Å²) in [7, 11) is 0.458. The van der Waals surface area contributed by atoms with Crippen LogP contribution in [0.5, 0.6) is 0 Å². The molecule has 2 heterocycles. The van der Waals surface area contributed by atoms with Crippen molar-refractivity contribution in [3.05, 3.63) is 29.8 Å². The van der Waals surface area contributed by atoms with Crippen LogP contribution in [0.3, 0.4) is 0 Å². The summed E-state index contributed by atoms with van der Waals surface area (Å²) in [5, 5.41) is 1.37. The number of hydrogen-bond acceptors (Lipinski definition) is 3. The standard InChI is InChI=1S/C16H22O3Si/c1-2-7-19-20-15-6-4-3-5-14(15)16(12-8-17-9-12)13-10-18-11-13/h3-6,12-13,16H,2,7-11H2,1H3. The van der Waals surface area contributed by atoms with E-state index < -0.39 is 0 Å². The van der Waals surface area contributed by atoms with Crippen molar-refractivity contribution in [2.24, 2.45) is 11.8 Å². The topological polar surface area (TPSA) is 27.7 Å². The van der Waals surface area contributed by atoms with Gasteiger partial charge in [-0.3, -0.25) is 0 Å². The van der Waals surface area contributed by atoms with E-state index in [1.165, 1.54) is 10.8 Å². The van der Waals surface area contributed by atoms with Crippen LogP contribution in [0.25, 0.3) is 0 Å². The van der Waals surface area contributed by atoms with Crippen molar-refractivity contribution in [2.75, 3.05) is 33.0 Å². The Hall–Kier alpha value is -0.683. The van der Waals surface area contributed by atoms with Crippen LogP contribution in [-0.4, -0.2) is 42.8 Å². The molecule has 0 aliphatic carbocycles. The van der Waals surface area contributed by atoms with Crippen molar-refractivity contribution in [2.45, 2.75) is 19.3 Å². The molecule has 108 valence electrons. The van der Waals surface area contributed by atoms with Crippen LogP contribution in [0, 0.1) is 11.8 Å². The molecule has 0 aromatic heterocycles. The second kappa shape index (κ2) is 6.85. The summed E-state index contributed by atoms with van der Waals surface area (Å²) in [6.07, 6.45) is 1.07. The Balaban J connectivity index is 1.78. The van der Waals surface area contributed by atoms with Crippen LogP contribution in [0.1, 0.15) is 24.8 Å². The molecular formula is C16H22O3Si. The number of benzene rings is 1. The molecule has 0 atom stereocenters. The van der Waals surface area contributed by atoms with E-state index >= 15 is 0 Å². The van der Waals surface area contributed by atoms with Gasteiger partial charge >= 0.3 is 0 Å². The van der Waals surface area contributed by atoms with Crippen LogP contribution in [-0.2, 0) is 13.9 Å². The monoisotopic (exact) mass is 290 g/mol. The zero-order chi connectivity index (χ0) is 13.8. The molecule has 0 saturated carbocycles. The number of rotatable bonds is 7. The Morgan fingerprint density at radius 1 is 1.15 bits per heavy atom. The van der Waals surface area contributed by atoms with E-state index in [0.29, 0.717) is 27.5 Å². The Labute approximate surface area is 123 Å². The third kappa shape index (κ3) is 2.98. The van der Waals surface area contributed by atoms with Gasteiger partial charge in [-0.25, -0.2) is 0 Å². The van der Waals surface area contributed by atoms with Gasteiger partial charge in [0, 0.05) is 18.4 Å². The van der Waals surface area contributed by atoms with E-state index in [1.807, 2.05) is 0 Å². The Morgan fingerprint density at radius 3 is 2.35 bits per heavy atom. The lowest BCUT2D eigenvalue weighted by Gasteiger charge is -2.43. The maximum absolute atomic E-state index is 5.79. The van der Waals surface area contributed by atoms with Crippen LogP contribution < -0.4 is 5.19 Å². The van der Waals surface area contributed by atoms with Crippen LogP contribution >= 0.6 is 0 Å². The highest BCUT2D eigenvalue weighted by molar-refractivity contribution is 6.47. The van der Waals surface area contributed by atoms with Crippen molar-refractivity contribution in [1.29, 1.82) is 0 Å². The molecule has 2 saturated heterocycles. The molecule has 2 fully saturated rings. The summed E-state index contributed by atoms with van der Waals surface area (Å²) >= 11 is 0. The minimum Gasteiger partial charge on any atom is -0.411 e. The molecular weight excluding hydrogens is 268 g/mol. The molecule has 2 aliphatic heterocycles. The molecule has 3 rings (SSSR count). The minimum absolute atomic E-state index is 0.458. The van der Waals surface area contributed by atoms with E-state index in [0.717, 1.165) is 39.5 Å². The summed E-state index contributed by atoms with van der Waals surface area (Å²) in [6, 6.07) is 8.76. The van der Waals surface area contributed by atoms with Crippen molar-refractivity contribution in [3.8, 4) is 0 Å². The molecule has 1 aromatic rings. The third-order valence-electron chi connectivity index (χ3n) is 4.15. The third-order valence-corrected chi connectivity index (χ3v) is 5.18. The highest BCUT2D eigenvalue weighted by Gasteiger charge is 2.39. The van der Waals surface area contributed by atoms with Gasteiger partial charge in [0.1, 0.15) is 0 Å². The zero-order valence-electron chi connectivity index (χ0n) is 12.0. The molecule has 0 spiro atoms. The van der Waals surface area contributed by atoms with Gasteiger partial charge in [-0.15, -0.1) is 0 Å². The highest BCUT2D eigenvalue weighted by atomic mass is 28.2. The highest BCUT2D eigenvalue weighted by Crippen LogP contribution is 2.39. The predicted molar refractivity (Wildman–Crippen MR) is 79.4 cm³/mol. The quantitative estimate of drug-likeness (QED) is 0.565. The van der Waals surface area contributed by atoms with Crippen molar-refractivity contribution < 1.29 is 13.9 Å². The average molecular weight is 290 g/mol. The first-order valence-electron chi connectivity index (χ1n) is 7.52. The molecule has 4 heteroatoms. The molecule has 3 nitrogen and oxygen atoms in total. The summed E-state index contributed by atoms with van der Waals surface area (Å²) in [6.45, 7) is 6.58. The molecule has 0 amide bonds. The number of ether oxygens (including phenoxy) is 2. The van der Waals surface area contributed by atoms with Gasteiger partial charge in [0.25, 0.3) is 9.76 Å². The summed E-state index contributed by atoms with van der Waals surface area (Å²) in [5.41, 5.74) is 1.46. The van der Waals surface area contributed by atoms with E-state index in [1.54, 1.807) is 0 Å². The maximum Gasteiger partial charge on any atom is 0.268 e. The molecule has 0 unspecified atom stereocenters. The molecule has 2 radical (unpaired) electrons. The first-order chi connectivity index (χ1) is 9.90. The smallest absolute Gasteiger partial charge is 0.268 e. The lowest BCUT2D eigenvalue weighted by atomic mass is 9.75. The zero-order valence-corrected chi connectivity index (χ0v) is 13.0. The normalized spacial score (nSPS) is 19.9. The molecule has 20 heavy (non-hydrogen) atoms. The largest absolute Gasteiger partial charge is 0.411 e. The van der Waals surface area contributed by atoms with Crippen LogP contribution in [0.15, 0.2) is 24.3 Å². The van der Waals surface area contributed by atoms with Gasteiger partial charge in [0.05, 0.1) is 26.4 Å². The minimum atomic E-state index is 0.458. The van der Waals surface area contributed by atoms with Gasteiger partial charge in [-0.05, 0) is 23.1 Å². The van der Waals surface area contributed by atoms with Crippen molar-refractivity contribution in [3.63, 3.8) is 0 Å². The Kier molecular flexibility index (Phi) is 4.88. The molecule has 1 aromatic carbocycles. The Bertz CT molecular complexity index is 415. The summed E-state index contributed by atoms with van der Waals surface area (Å²) in [5.74, 6) is 1.88. The fraction of sp³-hybridized carbons (Fsp3) is 0.625. The fourth-order valence-corrected chi connectivity index (χ4v) is 3.92. The fourth-order valence-electron chi connectivity index (χ4n) is 2.93. The van der Waals surface area contributed by atoms with Gasteiger partial charge < -0.3 is 13.9 Å². The summed E-state index contributed by atoms with van der Waals surface area (Å²) in [4.78, 5) is 0. The number of hydrogen-bond donors (Lipinski definition) is 0. The van der Waals surface area contributed by atoms with Gasteiger partial charge in [-0.1, -0.05) is 31.2 Å². The molecule has 2 aliphatic rings. The van der Waals surface area contributed by atoms with Gasteiger partial charge in [-0.2, -0.15) is 0 Å². The average Bonchev–Trinajstić information content (AvgIpc) is 2.35. The second-order valence-corrected chi connectivity index (χ2v) is 6.69. The van der Waals surface area contributed by atoms with Crippen LogP contribution in [0.4, 0.5) is 0 Å². The maximum atomic E-state index is 5.79. The second-order valence-electron chi connectivity index (χ2n) is 5.66. The van der Waals surface area contributed by atoms with E-state index in [9.17, 15) is 0 Å². The molecule has 0 bridgehead atoms. The lowest BCUT2D eigenvalue weighted by molar-refractivity contribution is -0.104. The van der Waals surface area contributed by atoms with Gasteiger partial charge in [0.15, 0.2) is 0 Å². The SMILES string of the molecule is CCCO[Si]c1ccccc1C(C1COC1)C1COC1. The van der Waals surface area contributed by atoms with E-state index in [2.05, 4.69) is 31.2 Å². The lowest BCUT2D eigenvalue weighted by Crippen LogP contribution is -2.45. The Morgan fingerprint density at radius 2 is 1.80 bits per heavy atom. The first-order valence-corrected chi connectivity index (χ1v) is 8.43. The van der Waals surface area contributed by atoms with Gasteiger partial charge in [0.2, 0.25) is 0 Å².